The second-order valence-electron chi connectivity index (χ2n) is 6.91. The van der Waals surface area contributed by atoms with Crippen molar-refractivity contribution in [3.8, 4) is 5.75 Å². The Hall–Kier alpha value is -3.33. The SMILES string of the molecule is Cc1cc(OCn2nc(C)c(NC(=O)c3cnn(C(C)C(=O)O)c3)c2C)ccc1Cl. The van der Waals surface area contributed by atoms with E-state index in [9.17, 15) is 9.59 Å². The maximum absolute atomic E-state index is 12.6. The second-order valence-corrected chi connectivity index (χ2v) is 7.31. The van der Waals surface area contributed by atoms with Crippen molar-refractivity contribution in [1.82, 2.24) is 19.6 Å². The molecule has 3 aromatic rings. The van der Waals surface area contributed by atoms with Crippen LogP contribution >= 0.6 is 11.6 Å². The first-order valence-corrected chi connectivity index (χ1v) is 9.56. The minimum absolute atomic E-state index is 0.164. The van der Waals surface area contributed by atoms with Crippen molar-refractivity contribution in [1.29, 1.82) is 0 Å². The van der Waals surface area contributed by atoms with Gasteiger partial charge in [-0.3, -0.25) is 9.48 Å². The third-order valence-electron chi connectivity index (χ3n) is 4.72. The number of nitrogens with one attached hydrogen (secondary N) is 1. The lowest BCUT2D eigenvalue weighted by atomic mass is 10.2. The van der Waals surface area contributed by atoms with Crippen LogP contribution < -0.4 is 10.1 Å². The molecule has 1 aromatic carbocycles. The summed E-state index contributed by atoms with van der Waals surface area (Å²) in [5.74, 6) is -0.775. The highest BCUT2D eigenvalue weighted by Gasteiger charge is 2.19. The highest BCUT2D eigenvalue weighted by molar-refractivity contribution is 6.31. The molecular formula is C20H22ClN5O4. The van der Waals surface area contributed by atoms with Gasteiger partial charge >= 0.3 is 5.97 Å². The van der Waals surface area contributed by atoms with E-state index < -0.39 is 17.9 Å². The number of hydrogen-bond acceptors (Lipinski definition) is 5. The Bertz CT molecular complexity index is 1100. The molecule has 0 aliphatic rings. The Morgan fingerprint density at radius 3 is 2.70 bits per heavy atom. The third-order valence-corrected chi connectivity index (χ3v) is 5.14. The van der Waals surface area contributed by atoms with Crippen LogP contribution in [0.2, 0.25) is 5.02 Å². The summed E-state index contributed by atoms with van der Waals surface area (Å²) < 4.78 is 8.65. The molecule has 0 aliphatic carbocycles. The average molecular weight is 432 g/mol. The normalized spacial score (nSPS) is 11.9. The molecule has 1 unspecified atom stereocenters. The van der Waals surface area contributed by atoms with Crippen LogP contribution in [0.4, 0.5) is 5.69 Å². The van der Waals surface area contributed by atoms with E-state index in [0.29, 0.717) is 22.2 Å². The van der Waals surface area contributed by atoms with Crippen molar-refractivity contribution in [2.45, 2.75) is 40.5 Å². The summed E-state index contributed by atoms with van der Waals surface area (Å²) in [6, 6.07) is 4.52. The predicted molar refractivity (Wildman–Crippen MR) is 111 cm³/mol. The van der Waals surface area contributed by atoms with Crippen molar-refractivity contribution in [2.75, 3.05) is 5.32 Å². The minimum Gasteiger partial charge on any atom is -0.480 e. The van der Waals surface area contributed by atoms with Gasteiger partial charge in [-0.1, -0.05) is 11.6 Å². The average Bonchev–Trinajstić information content (AvgIpc) is 3.29. The Labute approximate surface area is 178 Å². The molecule has 9 nitrogen and oxygen atoms in total. The number of carboxylic acids is 1. The second kappa shape index (κ2) is 8.58. The first kappa shape index (κ1) is 21.4. The van der Waals surface area contributed by atoms with Gasteiger partial charge in [0, 0.05) is 11.2 Å². The molecule has 3 rings (SSSR count). The Morgan fingerprint density at radius 2 is 2.03 bits per heavy atom. The molecular weight excluding hydrogens is 410 g/mol. The van der Waals surface area contributed by atoms with Gasteiger partial charge < -0.3 is 15.2 Å². The van der Waals surface area contributed by atoms with Crippen LogP contribution in [0.15, 0.2) is 30.6 Å². The number of nitrogens with zero attached hydrogens (tertiary/aromatic N) is 4. The summed E-state index contributed by atoms with van der Waals surface area (Å²) in [6.45, 7) is 7.14. The number of amides is 1. The summed E-state index contributed by atoms with van der Waals surface area (Å²) in [7, 11) is 0. The molecule has 0 fully saturated rings. The van der Waals surface area contributed by atoms with Crippen molar-refractivity contribution in [2.24, 2.45) is 0 Å². The number of anilines is 1. The van der Waals surface area contributed by atoms with Crippen LogP contribution in [-0.4, -0.2) is 36.5 Å². The van der Waals surface area contributed by atoms with Gasteiger partial charge in [-0.2, -0.15) is 10.2 Å². The molecule has 0 saturated carbocycles. The number of benzene rings is 1. The van der Waals surface area contributed by atoms with Gasteiger partial charge in [0.25, 0.3) is 5.91 Å². The van der Waals surface area contributed by atoms with E-state index in [1.54, 1.807) is 23.7 Å². The molecule has 2 aromatic heterocycles. The fourth-order valence-corrected chi connectivity index (χ4v) is 2.93. The summed E-state index contributed by atoms with van der Waals surface area (Å²) in [5, 5.41) is 20.9. The van der Waals surface area contributed by atoms with E-state index in [2.05, 4.69) is 15.5 Å². The molecule has 30 heavy (non-hydrogen) atoms. The molecule has 0 aliphatic heterocycles. The molecule has 2 N–H and O–H groups in total. The zero-order chi connectivity index (χ0) is 22.0. The molecule has 1 amide bonds. The summed E-state index contributed by atoms with van der Waals surface area (Å²) in [5.41, 5.74) is 3.08. The lowest BCUT2D eigenvalue weighted by molar-refractivity contribution is -0.140. The number of aromatic nitrogens is 4. The lowest BCUT2D eigenvalue weighted by Gasteiger charge is -2.10. The van der Waals surface area contributed by atoms with Gasteiger partial charge in [-0.25, -0.2) is 9.48 Å². The number of carbonyl (C=O) groups is 2. The number of ether oxygens (including phenoxy) is 1. The van der Waals surface area contributed by atoms with Crippen LogP contribution in [0.3, 0.4) is 0 Å². The van der Waals surface area contributed by atoms with E-state index in [4.69, 9.17) is 21.4 Å². The number of carbonyl (C=O) groups excluding carboxylic acids is 1. The van der Waals surface area contributed by atoms with Gasteiger partial charge in [0.05, 0.1) is 28.8 Å². The fraction of sp³-hybridized carbons (Fsp3) is 0.300. The molecule has 2 heterocycles. The number of aryl methyl sites for hydroxylation is 2. The van der Waals surface area contributed by atoms with Gasteiger partial charge in [0.15, 0.2) is 6.73 Å². The largest absolute Gasteiger partial charge is 0.480 e. The van der Waals surface area contributed by atoms with Gasteiger partial charge in [0.1, 0.15) is 11.8 Å². The fourth-order valence-electron chi connectivity index (χ4n) is 2.81. The summed E-state index contributed by atoms with van der Waals surface area (Å²) >= 11 is 6.03. The smallest absolute Gasteiger partial charge is 0.328 e. The maximum atomic E-state index is 12.6. The first-order chi connectivity index (χ1) is 14.2. The minimum atomic E-state index is -1.03. The van der Waals surface area contributed by atoms with Crippen molar-refractivity contribution < 1.29 is 19.4 Å². The van der Waals surface area contributed by atoms with Gasteiger partial charge in [-0.15, -0.1) is 0 Å². The Kier molecular flexibility index (Phi) is 6.12. The van der Waals surface area contributed by atoms with E-state index in [-0.39, 0.29) is 12.3 Å². The van der Waals surface area contributed by atoms with Crippen LogP contribution in [0, 0.1) is 20.8 Å². The third kappa shape index (κ3) is 4.46. The molecule has 1 atom stereocenters. The van der Waals surface area contributed by atoms with Crippen molar-refractivity contribution in [3.63, 3.8) is 0 Å². The molecule has 0 spiro atoms. The monoisotopic (exact) mass is 431 g/mol. The predicted octanol–water partition coefficient (Wildman–Crippen LogP) is 3.59. The summed E-state index contributed by atoms with van der Waals surface area (Å²) in [6.07, 6.45) is 2.73. The number of hydrogen-bond donors (Lipinski definition) is 2. The van der Waals surface area contributed by atoms with Gasteiger partial charge in [0.2, 0.25) is 0 Å². The van der Waals surface area contributed by atoms with E-state index in [1.807, 2.05) is 19.9 Å². The van der Waals surface area contributed by atoms with Crippen LogP contribution in [0.5, 0.6) is 5.75 Å². The standard InChI is InChI=1S/C20H22ClN5O4/c1-11-7-16(5-6-17(11)21)30-10-26-13(3)18(12(2)24-26)23-19(27)15-8-22-25(9-15)14(4)20(28)29/h5-9,14H,10H2,1-4H3,(H,23,27)(H,28,29). The van der Waals surface area contributed by atoms with E-state index >= 15 is 0 Å². The quantitative estimate of drug-likeness (QED) is 0.591. The van der Waals surface area contributed by atoms with Crippen molar-refractivity contribution in [3.05, 3.63) is 58.1 Å². The highest BCUT2D eigenvalue weighted by Crippen LogP contribution is 2.23. The number of halogens is 1. The number of aliphatic carboxylic acids is 1. The Morgan fingerprint density at radius 1 is 1.30 bits per heavy atom. The zero-order valence-electron chi connectivity index (χ0n) is 17.0. The van der Waals surface area contributed by atoms with Crippen molar-refractivity contribution >= 4 is 29.2 Å². The van der Waals surface area contributed by atoms with Crippen LogP contribution in [0.25, 0.3) is 0 Å². The molecule has 0 saturated heterocycles. The van der Waals surface area contributed by atoms with Crippen LogP contribution in [0.1, 0.15) is 40.3 Å². The highest BCUT2D eigenvalue weighted by atomic mass is 35.5. The molecule has 0 radical (unpaired) electrons. The molecule has 10 heteroatoms. The zero-order valence-corrected chi connectivity index (χ0v) is 17.8. The van der Waals surface area contributed by atoms with E-state index in [1.165, 1.54) is 24.0 Å². The topological polar surface area (TPSA) is 111 Å². The summed E-state index contributed by atoms with van der Waals surface area (Å²) in [4.78, 5) is 23.7. The molecule has 0 bridgehead atoms. The molecule has 158 valence electrons. The van der Waals surface area contributed by atoms with E-state index in [0.717, 1.165) is 11.3 Å². The number of rotatable bonds is 7. The van der Waals surface area contributed by atoms with Crippen LogP contribution in [-0.2, 0) is 11.5 Å². The van der Waals surface area contributed by atoms with Gasteiger partial charge in [-0.05, 0) is 51.5 Å². The lowest BCUT2D eigenvalue weighted by Crippen LogP contribution is -2.16. The maximum Gasteiger partial charge on any atom is 0.328 e. The first-order valence-electron chi connectivity index (χ1n) is 9.18. The Balaban J connectivity index is 1.71. The number of carboxylic acid groups (broad SMARTS) is 1.